The maximum Gasteiger partial charge on any atom is 0.170 e. The second-order valence-electron chi connectivity index (χ2n) is 7.52. The summed E-state index contributed by atoms with van der Waals surface area (Å²) in [5.74, 6) is 0. The van der Waals surface area contributed by atoms with Crippen molar-refractivity contribution in [3.8, 4) is 5.69 Å². The molecule has 0 saturated carbocycles. The number of benzene rings is 2. The van der Waals surface area contributed by atoms with Gasteiger partial charge in [0.15, 0.2) is 5.11 Å². The highest BCUT2D eigenvalue weighted by Crippen LogP contribution is 2.40. The number of hydrogen-bond acceptors (Lipinski definition) is 2. The molecule has 6 heteroatoms. The van der Waals surface area contributed by atoms with Crippen LogP contribution in [0.2, 0.25) is 0 Å². The summed E-state index contributed by atoms with van der Waals surface area (Å²) >= 11 is 9.42. The van der Waals surface area contributed by atoms with Gasteiger partial charge in [0, 0.05) is 34.8 Å². The fourth-order valence-electron chi connectivity index (χ4n) is 4.17. The van der Waals surface area contributed by atoms with Crippen LogP contribution in [0, 0.1) is 0 Å². The van der Waals surface area contributed by atoms with Gasteiger partial charge in [-0.3, -0.25) is 4.98 Å². The topological polar surface area (TPSA) is 33.1 Å². The van der Waals surface area contributed by atoms with Gasteiger partial charge in [-0.1, -0.05) is 58.4 Å². The zero-order valence-corrected chi connectivity index (χ0v) is 19.1. The number of thiocarbonyl (C=S) groups is 1. The maximum atomic E-state index is 5.82. The normalized spacial score (nSPS) is 18.2. The molecular weight excluding hydrogens is 468 g/mol. The van der Waals surface area contributed by atoms with Crippen molar-refractivity contribution in [2.75, 3.05) is 0 Å². The van der Waals surface area contributed by atoms with Gasteiger partial charge in [0.1, 0.15) is 0 Å². The first kappa shape index (κ1) is 20.0. The van der Waals surface area contributed by atoms with Gasteiger partial charge >= 0.3 is 0 Å². The monoisotopic (exact) mass is 488 g/mol. The first-order valence-corrected chi connectivity index (χ1v) is 11.4. The Kier molecular flexibility index (Phi) is 5.57. The number of nitrogens with one attached hydrogen (secondary N) is 1. The third-order valence-electron chi connectivity index (χ3n) is 5.56. The fraction of sp³-hybridized carbons (Fsp3) is 0.120. The molecule has 0 unspecified atom stereocenters. The largest absolute Gasteiger partial charge is 0.352 e. The summed E-state index contributed by atoms with van der Waals surface area (Å²) in [6.07, 6.45) is 3.94. The Morgan fingerprint density at radius 2 is 1.77 bits per heavy atom. The molecule has 1 aliphatic heterocycles. The van der Waals surface area contributed by atoms with Crippen LogP contribution in [0.25, 0.3) is 5.69 Å². The van der Waals surface area contributed by atoms with Crippen molar-refractivity contribution in [2.24, 2.45) is 0 Å². The van der Waals surface area contributed by atoms with E-state index in [1.54, 1.807) is 0 Å². The molecule has 2 aromatic carbocycles. The quantitative estimate of drug-likeness (QED) is 0.359. The minimum atomic E-state index is -0.0433. The first-order valence-electron chi connectivity index (χ1n) is 10.2. The van der Waals surface area contributed by atoms with Crippen LogP contribution < -0.4 is 5.32 Å². The Balaban J connectivity index is 1.61. The lowest BCUT2D eigenvalue weighted by Gasteiger charge is -2.29. The fourth-order valence-corrected chi connectivity index (χ4v) is 4.87. The van der Waals surface area contributed by atoms with Crippen molar-refractivity contribution < 1.29 is 0 Å². The summed E-state index contributed by atoms with van der Waals surface area (Å²) in [4.78, 5) is 6.92. The van der Waals surface area contributed by atoms with Crippen LogP contribution in [0.4, 0.5) is 0 Å². The van der Waals surface area contributed by atoms with Crippen molar-refractivity contribution in [1.82, 2.24) is 19.8 Å². The molecule has 1 saturated heterocycles. The Morgan fingerprint density at radius 1 is 0.935 bits per heavy atom. The van der Waals surface area contributed by atoms with Gasteiger partial charge in [-0.2, -0.15) is 0 Å². The van der Waals surface area contributed by atoms with Gasteiger partial charge in [-0.25, -0.2) is 0 Å². The van der Waals surface area contributed by atoms with Crippen LogP contribution in [0.5, 0.6) is 0 Å². The van der Waals surface area contributed by atoms with Crippen LogP contribution in [-0.4, -0.2) is 19.6 Å². The molecule has 2 aromatic heterocycles. The van der Waals surface area contributed by atoms with E-state index >= 15 is 0 Å². The minimum Gasteiger partial charge on any atom is -0.352 e. The summed E-state index contributed by atoms with van der Waals surface area (Å²) < 4.78 is 3.28. The molecule has 0 radical (unpaired) electrons. The lowest BCUT2D eigenvalue weighted by molar-refractivity contribution is 0.302. The smallest absolute Gasteiger partial charge is 0.170 e. The number of halogens is 1. The molecule has 0 spiro atoms. The highest BCUT2D eigenvalue weighted by atomic mass is 79.9. The molecule has 1 aliphatic rings. The van der Waals surface area contributed by atoms with Gasteiger partial charge < -0.3 is 14.8 Å². The van der Waals surface area contributed by atoms with E-state index in [0.717, 1.165) is 33.2 Å². The molecule has 2 atom stereocenters. The van der Waals surface area contributed by atoms with E-state index < -0.39 is 0 Å². The van der Waals surface area contributed by atoms with Gasteiger partial charge in [0.2, 0.25) is 0 Å². The lowest BCUT2D eigenvalue weighted by atomic mass is 10.0. The van der Waals surface area contributed by atoms with E-state index in [1.165, 1.54) is 5.56 Å². The number of pyridine rings is 1. The third kappa shape index (κ3) is 4.01. The minimum absolute atomic E-state index is 0.00316. The van der Waals surface area contributed by atoms with Crippen molar-refractivity contribution in [3.05, 3.63) is 119 Å². The zero-order chi connectivity index (χ0) is 21.2. The van der Waals surface area contributed by atoms with Crippen LogP contribution in [0.15, 0.2) is 102 Å². The predicted molar refractivity (Wildman–Crippen MR) is 131 cm³/mol. The van der Waals surface area contributed by atoms with Gasteiger partial charge in [0.25, 0.3) is 0 Å². The predicted octanol–water partition coefficient (Wildman–Crippen LogP) is 5.81. The average molecular weight is 489 g/mol. The summed E-state index contributed by atoms with van der Waals surface area (Å²) in [7, 11) is 0. The lowest BCUT2D eigenvalue weighted by Crippen LogP contribution is -2.30. The summed E-state index contributed by atoms with van der Waals surface area (Å²) in [6.45, 7) is 0.727. The highest BCUT2D eigenvalue weighted by Gasteiger charge is 2.41. The van der Waals surface area contributed by atoms with E-state index in [1.807, 2.05) is 30.5 Å². The molecule has 0 bridgehead atoms. The average Bonchev–Trinajstić information content (AvgIpc) is 3.40. The summed E-state index contributed by atoms with van der Waals surface area (Å²) in [6, 6.07) is 29.0. The number of nitrogens with zero attached hydrogens (tertiary/aromatic N) is 3. The first-order chi connectivity index (χ1) is 15.2. The third-order valence-corrected chi connectivity index (χ3v) is 6.41. The van der Waals surface area contributed by atoms with Crippen molar-refractivity contribution in [3.63, 3.8) is 0 Å². The van der Waals surface area contributed by atoms with Gasteiger partial charge in [-0.15, -0.1) is 0 Å². The van der Waals surface area contributed by atoms with E-state index in [2.05, 4.69) is 103 Å². The summed E-state index contributed by atoms with van der Waals surface area (Å²) in [5, 5.41) is 4.28. The molecule has 1 fully saturated rings. The van der Waals surface area contributed by atoms with Gasteiger partial charge in [-0.05, 0) is 60.2 Å². The Hall–Kier alpha value is -2.96. The van der Waals surface area contributed by atoms with E-state index in [-0.39, 0.29) is 12.1 Å². The number of rotatable bonds is 5. The number of hydrogen-bond donors (Lipinski definition) is 1. The van der Waals surface area contributed by atoms with Crippen molar-refractivity contribution in [1.29, 1.82) is 0 Å². The Labute approximate surface area is 195 Å². The molecule has 4 aromatic rings. The summed E-state index contributed by atoms with van der Waals surface area (Å²) in [5.41, 5.74) is 4.47. The molecule has 4 nitrogen and oxygen atoms in total. The van der Waals surface area contributed by atoms with E-state index in [9.17, 15) is 0 Å². The second kappa shape index (κ2) is 8.65. The molecule has 0 aliphatic carbocycles. The van der Waals surface area contributed by atoms with Crippen LogP contribution >= 0.6 is 28.1 Å². The zero-order valence-electron chi connectivity index (χ0n) is 16.7. The SMILES string of the molecule is S=C1N[C@@H](c2ccccn2)[C@@H](c2cccn2-c2cccc(Br)c2)N1Cc1ccccc1. The molecule has 5 rings (SSSR count). The standard InChI is InChI=1S/C25H21BrN4S/c26-19-10-6-11-20(16-19)29-15-7-13-22(29)24-23(21-12-4-5-14-27-21)28-25(31)30(24)17-18-8-2-1-3-9-18/h1-16,23-24H,17H2,(H,28,31)/t23-,24+/m0/s1. The molecule has 0 amide bonds. The maximum absolute atomic E-state index is 5.82. The van der Waals surface area contributed by atoms with E-state index in [4.69, 9.17) is 12.2 Å². The molecule has 31 heavy (non-hydrogen) atoms. The van der Waals surface area contributed by atoms with Crippen LogP contribution in [-0.2, 0) is 6.54 Å². The highest BCUT2D eigenvalue weighted by molar-refractivity contribution is 9.10. The van der Waals surface area contributed by atoms with Crippen LogP contribution in [0.3, 0.4) is 0 Å². The van der Waals surface area contributed by atoms with Gasteiger partial charge in [0.05, 0.1) is 17.8 Å². The Bertz CT molecular complexity index is 1190. The van der Waals surface area contributed by atoms with Crippen molar-refractivity contribution in [2.45, 2.75) is 18.6 Å². The molecule has 1 N–H and O–H groups in total. The van der Waals surface area contributed by atoms with E-state index in [0.29, 0.717) is 0 Å². The van der Waals surface area contributed by atoms with Crippen LogP contribution in [0.1, 0.15) is 29.0 Å². The van der Waals surface area contributed by atoms with Crippen molar-refractivity contribution >= 4 is 33.3 Å². The second-order valence-corrected chi connectivity index (χ2v) is 8.83. The number of aromatic nitrogens is 2. The Morgan fingerprint density at radius 3 is 2.55 bits per heavy atom. The molecule has 3 heterocycles. The molecule has 154 valence electrons. The molecular formula is C25H21BrN4S.